The number of hydrogen-bond acceptors (Lipinski definition) is 3. The molecule has 0 unspecified atom stereocenters. The van der Waals surface area contributed by atoms with Gasteiger partial charge in [0, 0.05) is 17.7 Å². The first-order valence-corrected chi connectivity index (χ1v) is 4.63. The minimum Gasteiger partial charge on any atom is -0.397 e. The second kappa shape index (κ2) is 5.67. The van der Waals surface area contributed by atoms with E-state index in [9.17, 15) is 0 Å². The van der Waals surface area contributed by atoms with E-state index in [2.05, 4.69) is 15.0 Å². The largest absolute Gasteiger partial charge is 0.397 e. The van der Waals surface area contributed by atoms with E-state index in [1.165, 1.54) is 0 Å². The maximum atomic E-state index is 8.06. The van der Waals surface area contributed by atoms with E-state index >= 15 is 0 Å². The van der Waals surface area contributed by atoms with Gasteiger partial charge in [-0.25, -0.2) is 0 Å². The van der Waals surface area contributed by atoms with Crippen LogP contribution in [0.4, 0.5) is 5.69 Å². The molecule has 2 N–H and O–H groups in total. The van der Waals surface area contributed by atoms with Crippen LogP contribution in [0.3, 0.4) is 0 Å². The van der Waals surface area contributed by atoms with Gasteiger partial charge < -0.3 is 5.73 Å². The van der Waals surface area contributed by atoms with E-state index in [0.717, 1.165) is 17.7 Å². The van der Waals surface area contributed by atoms with Gasteiger partial charge in [0.25, 0.3) is 0 Å². The van der Waals surface area contributed by atoms with Crippen molar-refractivity contribution < 1.29 is 0 Å². The predicted molar refractivity (Wildman–Crippen MR) is 61.1 cm³/mol. The van der Waals surface area contributed by atoms with Gasteiger partial charge in [0.2, 0.25) is 0 Å². The zero-order chi connectivity index (χ0) is 11.1. The molecular formula is C10H13N5. The van der Waals surface area contributed by atoms with Crippen LogP contribution in [0.1, 0.15) is 17.7 Å². The molecule has 0 atom stereocenters. The zero-order valence-corrected chi connectivity index (χ0v) is 8.59. The molecule has 78 valence electrons. The quantitative estimate of drug-likeness (QED) is 0.353. The molecule has 0 aromatic carbocycles. The molecule has 1 aromatic heterocycles. The normalized spacial score (nSPS) is 10.2. The maximum absolute atomic E-state index is 8.06. The molecule has 0 aliphatic carbocycles. The zero-order valence-electron chi connectivity index (χ0n) is 8.59. The lowest BCUT2D eigenvalue weighted by molar-refractivity contribution is 0.995. The van der Waals surface area contributed by atoms with Crippen molar-refractivity contribution in [3.63, 3.8) is 0 Å². The van der Waals surface area contributed by atoms with Crippen molar-refractivity contribution in [3.8, 4) is 0 Å². The van der Waals surface area contributed by atoms with E-state index in [0.29, 0.717) is 12.2 Å². The lowest BCUT2D eigenvalue weighted by atomic mass is 10.2. The van der Waals surface area contributed by atoms with Gasteiger partial charge >= 0.3 is 0 Å². The fourth-order valence-electron chi connectivity index (χ4n) is 1.05. The van der Waals surface area contributed by atoms with E-state index in [1.54, 1.807) is 6.20 Å². The number of hydrogen-bond donors (Lipinski definition) is 1. The fourth-order valence-corrected chi connectivity index (χ4v) is 1.05. The van der Waals surface area contributed by atoms with E-state index in [1.807, 2.05) is 25.1 Å². The standard InChI is InChI=1S/C10H13N5/c1-8-10(11)6-9(7-13-8)4-2-3-5-14-15-12/h2,4,6-7H,3,5,11H2,1H3. The highest BCUT2D eigenvalue weighted by molar-refractivity contribution is 5.55. The third-order valence-electron chi connectivity index (χ3n) is 1.92. The minimum atomic E-state index is 0.474. The fraction of sp³-hybridized carbons (Fsp3) is 0.300. The first kappa shape index (κ1) is 11.1. The third-order valence-corrected chi connectivity index (χ3v) is 1.92. The Balaban J connectivity index is 2.56. The third kappa shape index (κ3) is 3.70. The van der Waals surface area contributed by atoms with Crippen molar-refractivity contribution in [3.05, 3.63) is 40.0 Å². The van der Waals surface area contributed by atoms with Crippen molar-refractivity contribution in [2.75, 3.05) is 12.3 Å². The molecule has 0 aliphatic rings. The molecule has 0 saturated carbocycles. The van der Waals surface area contributed by atoms with Crippen LogP contribution in [0.15, 0.2) is 23.5 Å². The molecule has 1 rings (SSSR count). The number of aromatic nitrogens is 1. The Kier molecular flexibility index (Phi) is 4.19. The van der Waals surface area contributed by atoms with E-state index in [4.69, 9.17) is 11.3 Å². The van der Waals surface area contributed by atoms with Gasteiger partial charge in [-0.1, -0.05) is 17.3 Å². The molecule has 0 spiro atoms. The molecule has 5 heteroatoms. The average molecular weight is 203 g/mol. The van der Waals surface area contributed by atoms with Crippen molar-refractivity contribution in [1.82, 2.24) is 4.98 Å². The summed E-state index contributed by atoms with van der Waals surface area (Å²) in [4.78, 5) is 6.80. The smallest absolute Gasteiger partial charge is 0.0602 e. The number of nitrogens with zero attached hydrogens (tertiary/aromatic N) is 4. The summed E-state index contributed by atoms with van der Waals surface area (Å²) in [6, 6.07) is 1.87. The Labute approximate surface area is 88.3 Å². The van der Waals surface area contributed by atoms with Crippen molar-refractivity contribution in [2.45, 2.75) is 13.3 Å². The molecule has 0 fully saturated rings. The number of nitrogens with two attached hydrogens (primary N) is 1. The molecule has 0 bridgehead atoms. The Hall–Kier alpha value is -2.00. The van der Waals surface area contributed by atoms with E-state index in [-0.39, 0.29) is 0 Å². The summed E-state index contributed by atoms with van der Waals surface area (Å²) in [5.74, 6) is 0. The van der Waals surface area contributed by atoms with Gasteiger partial charge in [-0.3, -0.25) is 4.98 Å². The predicted octanol–water partition coefficient (Wildman–Crippen LogP) is 2.69. The van der Waals surface area contributed by atoms with Gasteiger partial charge in [-0.05, 0) is 30.5 Å². The second-order valence-electron chi connectivity index (χ2n) is 3.09. The summed E-state index contributed by atoms with van der Waals surface area (Å²) in [5.41, 5.74) is 16.2. The Morgan fingerprint density at radius 3 is 3.13 bits per heavy atom. The lowest BCUT2D eigenvalue weighted by Crippen LogP contribution is -1.92. The topological polar surface area (TPSA) is 87.7 Å². The van der Waals surface area contributed by atoms with Gasteiger partial charge in [-0.15, -0.1) is 0 Å². The van der Waals surface area contributed by atoms with Crippen LogP contribution in [0.25, 0.3) is 16.5 Å². The second-order valence-corrected chi connectivity index (χ2v) is 3.09. The van der Waals surface area contributed by atoms with Crippen LogP contribution in [0.5, 0.6) is 0 Å². The summed E-state index contributed by atoms with van der Waals surface area (Å²) >= 11 is 0. The summed E-state index contributed by atoms with van der Waals surface area (Å²) in [6.07, 6.45) is 6.32. The van der Waals surface area contributed by atoms with Crippen molar-refractivity contribution in [1.29, 1.82) is 0 Å². The van der Waals surface area contributed by atoms with Gasteiger partial charge in [0.1, 0.15) is 0 Å². The molecule has 1 heterocycles. The number of nitrogen functional groups attached to an aromatic ring is 1. The molecular weight excluding hydrogens is 190 g/mol. The number of rotatable bonds is 4. The number of azide groups is 1. The van der Waals surface area contributed by atoms with Gasteiger partial charge in [0.05, 0.1) is 11.4 Å². The van der Waals surface area contributed by atoms with Crippen LogP contribution >= 0.6 is 0 Å². The Morgan fingerprint density at radius 2 is 2.47 bits per heavy atom. The molecule has 0 amide bonds. The van der Waals surface area contributed by atoms with Crippen molar-refractivity contribution in [2.24, 2.45) is 5.11 Å². The average Bonchev–Trinajstić information content (AvgIpc) is 2.23. The van der Waals surface area contributed by atoms with Crippen LogP contribution in [-0.4, -0.2) is 11.5 Å². The highest BCUT2D eigenvalue weighted by atomic mass is 15.1. The van der Waals surface area contributed by atoms with Crippen LogP contribution in [-0.2, 0) is 0 Å². The van der Waals surface area contributed by atoms with E-state index < -0.39 is 0 Å². The first-order valence-electron chi connectivity index (χ1n) is 4.63. The Morgan fingerprint density at radius 1 is 1.67 bits per heavy atom. The number of anilines is 1. The Bertz CT molecular complexity index is 404. The SMILES string of the molecule is Cc1ncc(C=CCCN=[N+]=[N-])cc1N. The maximum Gasteiger partial charge on any atom is 0.0602 e. The molecule has 15 heavy (non-hydrogen) atoms. The van der Waals surface area contributed by atoms with Crippen LogP contribution in [0.2, 0.25) is 0 Å². The van der Waals surface area contributed by atoms with Crippen LogP contribution < -0.4 is 5.73 Å². The summed E-state index contributed by atoms with van der Waals surface area (Å²) in [5, 5.41) is 3.42. The molecule has 0 saturated heterocycles. The van der Waals surface area contributed by atoms with Gasteiger partial charge in [-0.2, -0.15) is 0 Å². The number of aryl methyl sites for hydroxylation is 1. The summed E-state index contributed by atoms with van der Waals surface area (Å²) in [6.45, 7) is 2.34. The summed E-state index contributed by atoms with van der Waals surface area (Å²) < 4.78 is 0. The van der Waals surface area contributed by atoms with Crippen LogP contribution in [0, 0.1) is 6.92 Å². The molecule has 0 aliphatic heterocycles. The van der Waals surface area contributed by atoms with Gasteiger partial charge in [0.15, 0.2) is 0 Å². The summed E-state index contributed by atoms with van der Waals surface area (Å²) in [7, 11) is 0. The molecule has 1 aromatic rings. The minimum absolute atomic E-state index is 0.474. The van der Waals surface area contributed by atoms with Crippen molar-refractivity contribution >= 4 is 11.8 Å². The molecule has 0 radical (unpaired) electrons. The highest BCUT2D eigenvalue weighted by Gasteiger charge is 1.94. The lowest BCUT2D eigenvalue weighted by Gasteiger charge is -1.99. The number of pyridine rings is 1. The first-order chi connectivity index (χ1) is 7.24. The monoisotopic (exact) mass is 203 g/mol. The highest BCUT2D eigenvalue weighted by Crippen LogP contribution is 2.11. The molecule has 5 nitrogen and oxygen atoms in total.